The third-order valence-corrected chi connectivity index (χ3v) is 2.92. The molecule has 5 heteroatoms. The predicted octanol–water partition coefficient (Wildman–Crippen LogP) is 3.69. The molecule has 0 saturated carbocycles. The van der Waals surface area contributed by atoms with Gasteiger partial charge in [0.25, 0.3) is 0 Å². The zero-order valence-electron chi connectivity index (χ0n) is 10.7. The van der Waals surface area contributed by atoms with E-state index in [9.17, 15) is 4.39 Å². The van der Waals surface area contributed by atoms with Crippen molar-refractivity contribution in [2.45, 2.75) is 13.5 Å². The maximum atomic E-state index is 13.6. The maximum Gasteiger partial charge on any atom is 0.219 e. The second-order valence-electron chi connectivity index (χ2n) is 4.18. The second kappa shape index (κ2) is 5.99. The summed E-state index contributed by atoms with van der Waals surface area (Å²) in [4.78, 5) is 4.04. The number of nitrogens with one attached hydrogen (secondary N) is 1. The van der Waals surface area contributed by atoms with Crippen LogP contribution in [0, 0.1) is 12.7 Å². The normalized spacial score (nSPS) is 10.5. The molecule has 1 aromatic carbocycles. The Bertz CT molecular complexity index is 590. The molecule has 1 aromatic heterocycles. The molecule has 0 spiro atoms. The van der Waals surface area contributed by atoms with Gasteiger partial charge in [-0.2, -0.15) is 0 Å². The molecule has 0 atom stereocenters. The Morgan fingerprint density at radius 3 is 2.89 bits per heavy atom. The van der Waals surface area contributed by atoms with Gasteiger partial charge >= 0.3 is 0 Å². The molecule has 0 aliphatic rings. The number of hydrogen-bond donors (Lipinski definition) is 1. The van der Waals surface area contributed by atoms with Crippen molar-refractivity contribution in [2.24, 2.45) is 0 Å². The Morgan fingerprint density at radius 1 is 1.37 bits per heavy atom. The van der Waals surface area contributed by atoms with Crippen LogP contribution in [0.3, 0.4) is 0 Å². The van der Waals surface area contributed by atoms with Gasteiger partial charge in [0, 0.05) is 18.8 Å². The Labute approximate surface area is 116 Å². The number of hydrogen-bond acceptors (Lipinski definition) is 3. The molecule has 0 unspecified atom stereocenters. The first-order valence-corrected chi connectivity index (χ1v) is 6.21. The van der Waals surface area contributed by atoms with Gasteiger partial charge in [-0.25, -0.2) is 9.37 Å². The lowest BCUT2D eigenvalue weighted by Gasteiger charge is -2.09. The van der Waals surface area contributed by atoms with Gasteiger partial charge in [-0.05, 0) is 37.2 Å². The summed E-state index contributed by atoms with van der Waals surface area (Å²) in [7, 11) is 1.82. The van der Waals surface area contributed by atoms with Crippen LogP contribution in [0.25, 0.3) is 0 Å². The highest BCUT2D eigenvalue weighted by Crippen LogP contribution is 2.26. The topological polar surface area (TPSA) is 34.1 Å². The van der Waals surface area contributed by atoms with Crippen LogP contribution in [0.15, 0.2) is 30.5 Å². The fraction of sp³-hybridized carbons (Fsp3) is 0.214. The van der Waals surface area contributed by atoms with Crippen LogP contribution in [0.4, 0.5) is 4.39 Å². The standard InChI is InChI=1S/C14H14ClFN2O/c1-9-3-4-12(16)13(5-9)19-14-6-10(7-17-2)11(15)8-18-14/h3-6,8,17H,7H2,1-2H3. The minimum atomic E-state index is -0.419. The largest absolute Gasteiger partial charge is 0.436 e. The van der Waals surface area contributed by atoms with E-state index in [1.54, 1.807) is 18.2 Å². The highest BCUT2D eigenvalue weighted by atomic mass is 35.5. The molecular formula is C14H14ClFN2O. The summed E-state index contributed by atoms with van der Waals surface area (Å²) in [5.41, 5.74) is 1.77. The number of ether oxygens (including phenoxy) is 1. The van der Waals surface area contributed by atoms with Gasteiger partial charge in [0.1, 0.15) is 0 Å². The maximum absolute atomic E-state index is 13.6. The summed E-state index contributed by atoms with van der Waals surface area (Å²) in [6, 6.07) is 6.38. The van der Waals surface area contributed by atoms with Crippen LogP contribution in [0.1, 0.15) is 11.1 Å². The molecule has 0 amide bonds. The van der Waals surface area contributed by atoms with E-state index in [-0.39, 0.29) is 5.75 Å². The smallest absolute Gasteiger partial charge is 0.219 e. The molecule has 0 saturated heterocycles. The number of benzene rings is 1. The Hall–Kier alpha value is -1.65. The van der Waals surface area contributed by atoms with Crippen molar-refractivity contribution in [3.63, 3.8) is 0 Å². The number of rotatable bonds is 4. The van der Waals surface area contributed by atoms with Crippen LogP contribution in [0.5, 0.6) is 11.6 Å². The Kier molecular flexibility index (Phi) is 4.35. The van der Waals surface area contributed by atoms with E-state index < -0.39 is 5.82 Å². The first-order chi connectivity index (χ1) is 9.10. The zero-order chi connectivity index (χ0) is 13.8. The van der Waals surface area contributed by atoms with Gasteiger partial charge < -0.3 is 10.1 Å². The van der Waals surface area contributed by atoms with Crippen LogP contribution in [-0.4, -0.2) is 12.0 Å². The van der Waals surface area contributed by atoms with Crippen LogP contribution >= 0.6 is 11.6 Å². The number of nitrogens with zero attached hydrogens (tertiary/aromatic N) is 1. The number of aromatic nitrogens is 1. The fourth-order valence-electron chi connectivity index (χ4n) is 1.64. The Balaban J connectivity index is 2.28. The number of halogens is 2. The first-order valence-electron chi connectivity index (χ1n) is 5.83. The van der Waals surface area contributed by atoms with Crippen molar-refractivity contribution in [2.75, 3.05) is 7.05 Å². The lowest BCUT2D eigenvalue weighted by Crippen LogP contribution is -2.06. The third-order valence-electron chi connectivity index (χ3n) is 2.58. The average Bonchev–Trinajstić information content (AvgIpc) is 2.38. The van der Waals surface area contributed by atoms with E-state index in [2.05, 4.69) is 10.3 Å². The summed E-state index contributed by atoms with van der Waals surface area (Å²) in [6.45, 7) is 2.46. The van der Waals surface area contributed by atoms with Crippen molar-refractivity contribution >= 4 is 11.6 Å². The van der Waals surface area contributed by atoms with Crippen molar-refractivity contribution in [1.82, 2.24) is 10.3 Å². The van der Waals surface area contributed by atoms with E-state index >= 15 is 0 Å². The fourth-order valence-corrected chi connectivity index (χ4v) is 1.81. The lowest BCUT2D eigenvalue weighted by atomic mass is 10.2. The van der Waals surface area contributed by atoms with Crippen LogP contribution in [-0.2, 0) is 6.54 Å². The van der Waals surface area contributed by atoms with Crippen LogP contribution < -0.4 is 10.1 Å². The monoisotopic (exact) mass is 280 g/mol. The molecule has 1 N–H and O–H groups in total. The summed E-state index contributed by atoms with van der Waals surface area (Å²) < 4.78 is 19.1. The molecule has 0 fully saturated rings. The molecule has 3 nitrogen and oxygen atoms in total. The van der Waals surface area contributed by atoms with E-state index in [4.69, 9.17) is 16.3 Å². The lowest BCUT2D eigenvalue weighted by molar-refractivity contribution is 0.426. The van der Waals surface area contributed by atoms with E-state index in [1.807, 2.05) is 14.0 Å². The van der Waals surface area contributed by atoms with Crippen molar-refractivity contribution in [1.29, 1.82) is 0 Å². The summed E-state index contributed by atoms with van der Waals surface area (Å²) in [6.07, 6.45) is 1.50. The van der Waals surface area contributed by atoms with Gasteiger partial charge in [-0.3, -0.25) is 0 Å². The highest BCUT2D eigenvalue weighted by Gasteiger charge is 2.08. The molecule has 19 heavy (non-hydrogen) atoms. The van der Waals surface area contributed by atoms with Gasteiger partial charge in [0.2, 0.25) is 5.88 Å². The Morgan fingerprint density at radius 2 is 2.16 bits per heavy atom. The SMILES string of the molecule is CNCc1cc(Oc2cc(C)ccc2F)ncc1Cl. The van der Waals surface area contributed by atoms with Gasteiger partial charge in [-0.15, -0.1) is 0 Å². The predicted molar refractivity (Wildman–Crippen MR) is 73.2 cm³/mol. The van der Waals surface area contributed by atoms with Crippen molar-refractivity contribution in [3.05, 3.63) is 52.4 Å². The molecule has 2 rings (SSSR count). The molecule has 1 heterocycles. The molecule has 100 valence electrons. The van der Waals surface area contributed by atoms with Gasteiger partial charge in [0.15, 0.2) is 11.6 Å². The molecule has 0 bridgehead atoms. The highest BCUT2D eigenvalue weighted by molar-refractivity contribution is 6.31. The average molecular weight is 281 g/mol. The summed E-state index contributed by atoms with van der Waals surface area (Å²) in [5, 5.41) is 3.54. The second-order valence-corrected chi connectivity index (χ2v) is 4.59. The van der Waals surface area contributed by atoms with Crippen molar-refractivity contribution in [3.8, 4) is 11.6 Å². The third kappa shape index (κ3) is 3.43. The van der Waals surface area contributed by atoms with Crippen LogP contribution in [0.2, 0.25) is 5.02 Å². The molecular weight excluding hydrogens is 267 g/mol. The molecule has 0 radical (unpaired) electrons. The minimum Gasteiger partial charge on any atom is -0.436 e. The first kappa shape index (κ1) is 13.8. The van der Waals surface area contributed by atoms with E-state index in [0.717, 1.165) is 11.1 Å². The molecule has 2 aromatic rings. The van der Waals surface area contributed by atoms with E-state index in [1.165, 1.54) is 12.3 Å². The quantitative estimate of drug-likeness (QED) is 0.927. The minimum absolute atomic E-state index is 0.158. The van der Waals surface area contributed by atoms with Gasteiger partial charge in [-0.1, -0.05) is 17.7 Å². The number of pyridine rings is 1. The zero-order valence-corrected chi connectivity index (χ0v) is 11.5. The van der Waals surface area contributed by atoms with Crippen molar-refractivity contribution < 1.29 is 9.13 Å². The number of aryl methyl sites for hydroxylation is 1. The molecule has 0 aliphatic carbocycles. The summed E-state index contributed by atoms with van der Waals surface area (Å²) >= 11 is 6.00. The summed E-state index contributed by atoms with van der Waals surface area (Å²) in [5.74, 6) is 0.0573. The molecule has 0 aliphatic heterocycles. The van der Waals surface area contributed by atoms with E-state index in [0.29, 0.717) is 17.4 Å². The van der Waals surface area contributed by atoms with Gasteiger partial charge in [0.05, 0.1) is 5.02 Å².